The van der Waals surface area contributed by atoms with Crippen molar-refractivity contribution in [3.8, 4) is 0 Å². The van der Waals surface area contributed by atoms with Crippen LogP contribution in [0.1, 0.15) is 32.1 Å². The molecule has 0 fully saturated rings. The van der Waals surface area contributed by atoms with Crippen molar-refractivity contribution in [1.82, 2.24) is 16.0 Å². The van der Waals surface area contributed by atoms with Crippen LogP contribution in [-0.4, -0.2) is 38.9 Å². The monoisotopic (exact) mass is 563 g/mol. The molecule has 0 aliphatic heterocycles. The minimum atomic E-state index is -3.73. The van der Waals surface area contributed by atoms with Crippen LogP contribution in [0.15, 0.2) is 57.0 Å². The van der Waals surface area contributed by atoms with Crippen LogP contribution in [0.25, 0.3) is 0 Å². The predicted molar refractivity (Wildman–Crippen MR) is 131 cm³/mol. The van der Waals surface area contributed by atoms with Crippen LogP contribution in [0, 0.1) is 0 Å². The maximum atomic E-state index is 12.1. The second kappa shape index (κ2) is 12.1. The number of sulfonamides is 1. The summed E-state index contributed by atoms with van der Waals surface area (Å²) in [4.78, 5) is 16.6. The van der Waals surface area contributed by atoms with Gasteiger partial charge in [0.15, 0.2) is 5.96 Å². The summed E-state index contributed by atoms with van der Waals surface area (Å²) < 4.78 is 28.0. The Kier molecular flexibility index (Phi) is 10.5. The fourth-order valence-electron chi connectivity index (χ4n) is 2.51. The fourth-order valence-corrected chi connectivity index (χ4v) is 3.03. The van der Waals surface area contributed by atoms with Crippen molar-refractivity contribution in [1.29, 1.82) is 0 Å². The molecule has 31 heavy (non-hydrogen) atoms. The van der Waals surface area contributed by atoms with Crippen LogP contribution in [0.4, 0.5) is 0 Å². The molecular weight excluding hydrogens is 533 g/mol. The molecule has 1 aromatic carbocycles. The first-order chi connectivity index (χ1) is 14.0. The first-order valence-corrected chi connectivity index (χ1v) is 11.0. The molecule has 9 nitrogen and oxygen atoms in total. The van der Waals surface area contributed by atoms with Crippen molar-refractivity contribution in [3.63, 3.8) is 0 Å². The summed E-state index contributed by atoms with van der Waals surface area (Å²) in [7, 11) is -3.73. The molecule has 1 amide bonds. The number of aliphatic imine (C=N–C) groups is 1. The Morgan fingerprint density at radius 1 is 1.13 bits per heavy atom. The summed E-state index contributed by atoms with van der Waals surface area (Å²) >= 11 is 0. The number of hydrogen-bond donors (Lipinski definition) is 4. The van der Waals surface area contributed by atoms with Crippen molar-refractivity contribution in [2.24, 2.45) is 10.1 Å². The van der Waals surface area contributed by atoms with Gasteiger partial charge >= 0.3 is 0 Å². The number of benzene rings is 1. The van der Waals surface area contributed by atoms with Crippen LogP contribution < -0.4 is 21.1 Å². The molecule has 1 heterocycles. The first kappa shape index (κ1) is 26.9. The smallest absolute Gasteiger partial charge is 0.239 e. The normalized spacial score (nSPS) is 12.1. The number of carbonyl (C=O) groups is 1. The molecule has 1 aromatic heterocycles. The molecule has 5 N–H and O–H groups in total. The van der Waals surface area contributed by atoms with Crippen LogP contribution in [0.3, 0.4) is 0 Å². The number of carbonyl (C=O) groups excluding carboxylic acids is 1. The molecule has 0 spiro atoms. The number of amides is 1. The quantitative estimate of drug-likeness (QED) is 0.219. The van der Waals surface area contributed by atoms with Gasteiger partial charge in [0, 0.05) is 18.5 Å². The molecule has 11 heteroatoms. The van der Waals surface area contributed by atoms with Gasteiger partial charge in [-0.1, -0.05) is 12.1 Å². The van der Waals surface area contributed by atoms with Gasteiger partial charge < -0.3 is 20.4 Å². The van der Waals surface area contributed by atoms with E-state index in [9.17, 15) is 13.2 Å². The highest BCUT2D eigenvalue weighted by molar-refractivity contribution is 14.0. The van der Waals surface area contributed by atoms with Gasteiger partial charge in [-0.25, -0.2) is 18.5 Å². The molecule has 0 unspecified atom stereocenters. The van der Waals surface area contributed by atoms with Crippen LogP contribution >= 0.6 is 24.0 Å². The van der Waals surface area contributed by atoms with Gasteiger partial charge in [-0.15, -0.1) is 24.0 Å². The molecule has 2 aromatic rings. The maximum Gasteiger partial charge on any atom is 0.239 e. The number of hydrogen-bond acceptors (Lipinski definition) is 5. The van der Waals surface area contributed by atoms with Crippen molar-refractivity contribution < 1.29 is 17.6 Å². The number of primary sulfonamides is 1. The zero-order chi connectivity index (χ0) is 22.2. The van der Waals surface area contributed by atoms with Crippen molar-refractivity contribution in [2.75, 3.05) is 13.1 Å². The lowest BCUT2D eigenvalue weighted by Crippen LogP contribution is -2.48. The van der Waals surface area contributed by atoms with Gasteiger partial charge in [0.2, 0.25) is 15.9 Å². The maximum absolute atomic E-state index is 12.1. The number of nitrogens with two attached hydrogens (primary N) is 1. The number of nitrogens with zero attached hydrogens (tertiary/aromatic N) is 1. The summed E-state index contributed by atoms with van der Waals surface area (Å²) in [5, 5.41) is 14.2. The third kappa shape index (κ3) is 10.6. The summed E-state index contributed by atoms with van der Waals surface area (Å²) in [5.74, 6) is 1.15. The van der Waals surface area contributed by atoms with Gasteiger partial charge in [0.25, 0.3) is 0 Å². The molecule has 0 atom stereocenters. The van der Waals surface area contributed by atoms with Crippen molar-refractivity contribution in [2.45, 2.75) is 44.2 Å². The van der Waals surface area contributed by atoms with E-state index in [-0.39, 0.29) is 46.9 Å². The predicted octanol–water partition coefficient (Wildman–Crippen LogP) is 1.74. The fraction of sp³-hybridized carbons (Fsp3) is 0.400. The van der Waals surface area contributed by atoms with Crippen LogP contribution in [0.5, 0.6) is 0 Å². The van der Waals surface area contributed by atoms with Gasteiger partial charge in [0.05, 0.1) is 24.2 Å². The zero-order valence-electron chi connectivity index (χ0n) is 17.8. The summed E-state index contributed by atoms with van der Waals surface area (Å²) in [6.07, 6.45) is 2.27. The Bertz CT molecular complexity index is 952. The SMILES string of the molecule is CC(C)(C)NC(=O)CNC(=NCc1ccc(S(N)(=O)=O)cc1)NCCc1ccco1.I. The Balaban J connectivity index is 0.00000480. The Hall–Kier alpha value is -2.12. The van der Waals surface area contributed by atoms with E-state index in [1.165, 1.54) is 12.1 Å². The Morgan fingerprint density at radius 3 is 2.35 bits per heavy atom. The minimum Gasteiger partial charge on any atom is -0.469 e. The molecule has 0 bridgehead atoms. The number of nitrogens with one attached hydrogen (secondary N) is 3. The van der Waals surface area contributed by atoms with E-state index in [1.807, 2.05) is 32.9 Å². The highest BCUT2D eigenvalue weighted by Crippen LogP contribution is 2.09. The molecule has 0 aliphatic carbocycles. The van der Waals surface area contributed by atoms with E-state index in [0.29, 0.717) is 25.5 Å². The number of furan rings is 1. The zero-order valence-corrected chi connectivity index (χ0v) is 21.0. The highest BCUT2D eigenvalue weighted by Gasteiger charge is 2.14. The summed E-state index contributed by atoms with van der Waals surface area (Å²) in [5.41, 5.74) is 0.474. The van der Waals surface area contributed by atoms with E-state index < -0.39 is 10.0 Å². The third-order valence-electron chi connectivity index (χ3n) is 3.85. The number of guanidine groups is 1. The number of halogens is 1. The number of rotatable bonds is 8. The van der Waals surface area contributed by atoms with E-state index in [0.717, 1.165) is 11.3 Å². The van der Waals surface area contributed by atoms with Gasteiger partial charge in [0.1, 0.15) is 5.76 Å². The summed E-state index contributed by atoms with van der Waals surface area (Å²) in [6, 6.07) is 9.88. The molecule has 2 rings (SSSR count). The molecule has 172 valence electrons. The largest absolute Gasteiger partial charge is 0.469 e. The second-order valence-electron chi connectivity index (χ2n) is 7.76. The lowest BCUT2D eigenvalue weighted by atomic mass is 10.1. The van der Waals surface area contributed by atoms with Crippen molar-refractivity contribution >= 4 is 45.9 Å². The lowest BCUT2D eigenvalue weighted by Gasteiger charge is -2.21. The standard InChI is InChI=1S/C20H29N5O4S.HI/c1-20(2,3)25-18(26)14-24-19(22-11-10-16-5-4-12-29-16)23-13-15-6-8-17(9-7-15)30(21,27)28;/h4-9,12H,10-11,13-14H2,1-3H3,(H,25,26)(H2,21,27,28)(H2,22,23,24);1H. The average Bonchev–Trinajstić information content (AvgIpc) is 3.15. The second-order valence-corrected chi connectivity index (χ2v) is 9.32. The highest BCUT2D eigenvalue weighted by atomic mass is 127. The van der Waals surface area contributed by atoms with E-state index in [1.54, 1.807) is 18.4 Å². The van der Waals surface area contributed by atoms with E-state index >= 15 is 0 Å². The van der Waals surface area contributed by atoms with Crippen molar-refractivity contribution in [3.05, 3.63) is 54.0 Å². The van der Waals surface area contributed by atoms with Gasteiger partial charge in [-0.05, 0) is 50.6 Å². The summed E-state index contributed by atoms with van der Waals surface area (Å²) in [6.45, 7) is 6.65. The van der Waals surface area contributed by atoms with Crippen LogP contribution in [-0.2, 0) is 27.8 Å². The molecule has 0 radical (unpaired) electrons. The average molecular weight is 563 g/mol. The van der Waals surface area contributed by atoms with Gasteiger partial charge in [-0.3, -0.25) is 4.79 Å². The van der Waals surface area contributed by atoms with Gasteiger partial charge in [-0.2, -0.15) is 0 Å². The lowest BCUT2D eigenvalue weighted by molar-refractivity contribution is -0.121. The minimum absolute atomic E-state index is 0. The molecule has 0 saturated carbocycles. The molecule has 0 aliphatic rings. The van der Waals surface area contributed by atoms with Crippen LogP contribution in [0.2, 0.25) is 0 Å². The Morgan fingerprint density at radius 2 is 1.81 bits per heavy atom. The van der Waals surface area contributed by atoms with E-state index in [2.05, 4.69) is 20.9 Å². The Labute approximate surface area is 200 Å². The first-order valence-electron chi connectivity index (χ1n) is 9.50. The molecular formula is C20H30IN5O4S. The third-order valence-corrected chi connectivity index (χ3v) is 4.78. The topological polar surface area (TPSA) is 139 Å². The molecule has 0 saturated heterocycles. The van der Waals surface area contributed by atoms with E-state index in [4.69, 9.17) is 9.56 Å².